The van der Waals surface area contributed by atoms with Crippen LogP contribution in [-0.2, 0) is 6.54 Å². The van der Waals surface area contributed by atoms with Crippen molar-refractivity contribution in [2.24, 2.45) is 10.7 Å². The van der Waals surface area contributed by atoms with Gasteiger partial charge in [-0.1, -0.05) is 12.1 Å². The quantitative estimate of drug-likeness (QED) is 0.422. The normalized spacial score (nSPS) is 14.5. The molecule has 1 fully saturated rings. The first-order chi connectivity index (χ1) is 8.69. The lowest BCUT2D eigenvalue weighted by Crippen LogP contribution is -2.33. The number of amides is 1. The van der Waals surface area contributed by atoms with Crippen molar-refractivity contribution in [2.45, 2.75) is 25.4 Å². The first-order valence-electron chi connectivity index (χ1n) is 6.06. The van der Waals surface area contributed by atoms with Crippen LogP contribution in [0.1, 0.15) is 28.8 Å². The molecule has 0 atom stereocenters. The van der Waals surface area contributed by atoms with E-state index >= 15 is 0 Å². The van der Waals surface area contributed by atoms with Crippen molar-refractivity contribution in [1.82, 2.24) is 10.6 Å². The Bertz CT molecular complexity index is 454. The summed E-state index contributed by atoms with van der Waals surface area (Å²) in [6.07, 6.45) is 2.36. The third kappa shape index (κ3) is 5.06. The molecule has 104 valence electrons. The Labute approximate surface area is 130 Å². The van der Waals surface area contributed by atoms with Gasteiger partial charge in [0.2, 0.25) is 0 Å². The molecule has 6 heteroatoms. The molecule has 1 aromatic carbocycles. The molecule has 1 aliphatic rings. The fourth-order valence-corrected chi connectivity index (χ4v) is 1.56. The van der Waals surface area contributed by atoms with E-state index in [-0.39, 0.29) is 29.9 Å². The highest BCUT2D eigenvalue weighted by Gasteiger charge is 2.21. The maximum Gasteiger partial charge on any atom is 0.251 e. The molecule has 0 radical (unpaired) electrons. The molecule has 19 heavy (non-hydrogen) atoms. The largest absolute Gasteiger partial charge is 0.370 e. The maximum absolute atomic E-state index is 11.4. The van der Waals surface area contributed by atoms with Crippen LogP contribution >= 0.6 is 24.0 Å². The van der Waals surface area contributed by atoms with Gasteiger partial charge in [-0.2, -0.15) is 0 Å². The van der Waals surface area contributed by atoms with Crippen LogP contribution in [0.25, 0.3) is 0 Å². The van der Waals surface area contributed by atoms with Gasteiger partial charge < -0.3 is 16.4 Å². The third-order valence-corrected chi connectivity index (χ3v) is 2.80. The van der Waals surface area contributed by atoms with Crippen molar-refractivity contribution in [3.05, 3.63) is 35.4 Å². The molecule has 0 saturated heterocycles. The molecule has 2 rings (SSSR count). The van der Waals surface area contributed by atoms with Crippen molar-refractivity contribution in [3.63, 3.8) is 0 Å². The summed E-state index contributed by atoms with van der Waals surface area (Å²) < 4.78 is 0. The smallest absolute Gasteiger partial charge is 0.251 e. The number of hydrogen-bond acceptors (Lipinski definition) is 2. The zero-order valence-electron chi connectivity index (χ0n) is 10.8. The van der Waals surface area contributed by atoms with Gasteiger partial charge in [-0.05, 0) is 30.5 Å². The highest BCUT2D eigenvalue weighted by Crippen LogP contribution is 2.18. The topological polar surface area (TPSA) is 79.5 Å². The number of benzene rings is 1. The predicted octanol–water partition coefficient (Wildman–Crippen LogP) is 1.23. The molecule has 0 aromatic heterocycles. The Kier molecular flexibility index (Phi) is 6.07. The number of nitrogens with one attached hydrogen (secondary N) is 2. The minimum absolute atomic E-state index is 0. The summed E-state index contributed by atoms with van der Waals surface area (Å²) in [6, 6.07) is 7.86. The van der Waals surface area contributed by atoms with Crippen LogP contribution < -0.4 is 16.4 Å². The highest BCUT2D eigenvalue weighted by atomic mass is 127. The van der Waals surface area contributed by atoms with Crippen LogP contribution in [0.5, 0.6) is 0 Å². The molecule has 0 bridgehead atoms. The molecular formula is C13H19IN4O. The summed E-state index contributed by atoms with van der Waals surface area (Å²) in [5.41, 5.74) is 7.42. The van der Waals surface area contributed by atoms with Crippen LogP contribution in [0.3, 0.4) is 0 Å². The predicted molar refractivity (Wildman–Crippen MR) is 86.7 cm³/mol. The molecular weight excluding hydrogens is 355 g/mol. The van der Waals surface area contributed by atoms with Crippen LogP contribution in [0.2, 0.25) is 0 Å². The molecule has 1 aliphatic carbocycles. The van der Waals surface area contributed by atoms with E-state index in [1.54, 1.807) is 19.2 Å². The van der Waals surface area contributed by atoms with E-state index < -0.39 is 0 Å². The molecule has 0 heterocycles. The standard InChI is InChI=1S/C13H18N4O.HI/c1-15-12(18)10-4-2-9(3-5-10)8-16-13(14)17-11-6-7-11;/h2-5,11H,6-8H2,1H3,(H,15,18)(H3,14,16,17);1H. The number of aliphatic imine (C=N–C) groups is 1. The molecule has 1 amide bonds. The van der Waals surface area contributed by atoms with Crippen LogP contribution in [0.4, 0.5) is 0 Å². The van der Waals surface area contributed by atoms with Gasteiger partial charge in [0.15, 0.2) is 5.96 Å². The average molecular weight is 374 g/mol. The van der Waals surface area contributed by atoms with Crippen molar-refractivity contribution >= 4 is 35.8 Å². The number of carbonyl (C=O) groups is 1. The van der Waals surface area contributed by atoms with E-state index in [0.29, 0.717) is 24.1 Å². The number of guanidine groups is 1. The fourth-order valence-electron chi connectivity index (χ4n) is 1.56. The Hall–Kier alpha value is -1.31. The Morgan fingerprint density at radius 1 is 1.37 bits per heavy atom. The van der Waals surface area contributed by atoms with Crippen molar-refractivity contribution in [3.8, 4) is 0 Å². The zero-order valence-corrected chi connectivity index (χ0v) is 13.2. The number of rotatable bonds is 4. The zero-order chi connectivity index (χ0) is 13.0. The summed E-state index contributed by atoms with van der Waals surface area (Å²) in [5, 5.41) is 5.71. The summed E-state index contributed by atoms with van der Waals surface area (Å²) in [5.74, 6) is 0.410. The number of halogens is 1. The van der Waals surface area contributed by atoms with E-state index in [4.69, 9.17) is 5.73 Å². The Morgan fingerprint density at radius 2 is 2.00 bits per heavy atom. The second-order valence-electron chi connectivity index (χ2n) is 4.40. The van der Waals surface area contributed by atoms with Gasteiger partial charge in [0.05, 0.1) is 6.54 Å². The van der Waals surface area contributed by atoms with Crippen LogP contribution in [-0.4, -0.2) is 25.0 Å². The Balaban J connectivity index is 0.00000180. The number of nitrogens with zero attached hydrogens (tertiary/aromatic N) is 1. The number of hydrogen-bond donors (Lipinski definition) is 3. The van der Waals surface area contributed by atoms with Crippen molar-refractivity contribution in [1.29, 1.82) is 0 Å². The highest BCUT2D eigenvalue weighted by molar-refractivity contribution is 14.0. The average Bonchev–Trinajstić information content (AvgIpc) is 3.20. The van der Waals surface area contributed by atoms with E-state index in [2.05, 4.69) is 15.6 Å². The lowest BCUT2D eigenvalue weighted by molar-refractivity contribution is 0.0963. The first-order valence-corrected chi connectivity index (χ1v) is 6.06. The van der Waals surface area contributed by atoms with Gasteiger partial charge in [-0.15, -0.1) is 24.0 Å². The lowest BCUT2D eigenvalue weighted by atomic mass is 10.1. The molecule has 0 spiro atoms. The van der Waals surface area contributed by atoms with Gasteiger partial charge in [0, 0.05) is 18.7 Å². The second-order valence-corrected chi connectivity index (χ2v) is 4.40. The monoisotopic (exact) mass is 374 g/mol. The van der Waals surface area contributed by atoms with Gasteiger partial charge >= 0.3 is 0 Å². The van der Waals surface area contributed by atoms with Gasteiger partial charge in [0.1, 0.15) is 0 Å². The molecule has 5 nitrogen and oxygen atoms in total. The fraction of sp³-hybridized carbons (Fsp3) is 0.385. The molecule has 0 unspecified atom stereocenters. The van der Waals surface area contributed by atoms with Gasteiger partial charge in [-0.25, -0.2) is 4.99 Å². The van der Waals surface area contributed by atoms with Gasteiger partial charge in [-0.3, -0.25) is 4.79 Å². The van der Waals surface area contributed by atoms with Gasteiger partial charge in [0.25, 0.3) is 5.91 Å². The SMILES string of the molecule is CNC(=O)c1ccc(CN=C(N)NC2CC2)cc1.I. The lowest BCUT2D eigenvalue weighted by Gasteiger charge is -2.04. The summed E-state index contributed by atoms with van der Waals surface area (Å²) in [6.45, 7) is 0.527. The maximum atomic E-state index is 11.4. The minimum atomic E-state index is -0.0834. The molecule has 1 saturated carbocycles. The summed E-state index contributed by atoms with van der Waals surface area (Å²) >= 11 is 0. The molecule has 0 aliphatic heterocycles. The van der Waals surface area contributed by atoms with E-state index in [0.717, 1.165) is 5.56 Å². The minimum Gasteiger partial charge on any atom is -0.370 e. The molecule has 1 aromatic rings. The first kappa shape index (κ1) is 15.7. The summed E-state index contributed by atoms with van der Waals surface area (Å²) in [7, 11) is 1.62. The van der Waals surface area contributed by atoms with E-state index in [9.17, 15) is 4.79 Å². The summed E-state index contributed by atoms with van der Waals surface area (Å²) in [4.78, 5) is 15.6. The van der Waals surface area contributed by atoms with Crippen LogP contribution in [0.15, 0.2) is 29.3 Å². The molecule has 4 N–H and O–H groups in total. The number of carbonyl (C=O) groups excluding carboxylic acids is 1. The second kappa shape index (κ2) is 7.32. The number of nitrogens with two attached hydrogens (primary N) is 1. The van der Waals surface area contributed by atoms with E-state index in [1.807, 2.05) is 12.1 Å². The third-order valence-electron chi connectivity index (χ3n) is 2.80. The Morgan fingerprint density at radius 3 is 2.53 bits per heavy atom. The van der Waals surface area contributed by atoms with Crippen molar-refractivity contribution < 1.29 is 4.79 Å². The van der Waals surface area contributed by atoms with E-state index in [1.165, 1.54) is 12.8 Å². The van der Waals surface area contributed by atoms with Crippen molar-refractivity contribution in [2.75, 3.05) is 7.05 Å². The van der Waals surface area contributed by atoms with Crippen LogP contribution in [0, 0.1) is 0 Å².